The zero-order chi connectivity index (χ0) is 10.9. The number of ether oxygens (including phenoxy) is 1. The first-order valence-corrected chi connectivity index (χ1v) is 5.20. The molecule has 0 amide bonds. The Kier molecular flexibility index (Phi) is 3.20. The molecule has 0 aliphatic carbocycles. The highest BCUT2D eigenvalue weighted by atomic mass is 16.6. The van der Waals surface area contributed by atoms with Gasteiger partial charge >= 0.3 is 5.97 Å². The molecule has 1 aliphatic rings. The predicted molar refractivity (Wildman–Crippen MR) is 53.7 cm³/mol. The molecule has 1 aliphatic heterocycles. The van der Waals surface area contributed by atoms with Crippen LogP contribution in [0.1, 0.15) is 40.5 Å². The van der Waals surface area contributed by atoms with Crippen molar-refractivity contribution in [2.45, 2.75) is 52.7 Å². The largest absolute Gasteiger partial charge is 0.459 e. The van der Waals surface area contributed by atoms with Crippen LogP contribution in [0.3, 0.4) is 0 Å². The van der Waals surface area contributed by atoms with E-state index in [9.17, 15) is 9.90 Å². The summed E-state index contributed by atoms with van der Waals surface area (Å²) in [6, 6.07) is 0. The van der Waals surface area contributed by atoms with E-state index < -0.39 is 6.10 Å². The van der Waals surface area contributed by atoms with Gasteiger partial charge in [0.2, 0.25) is 0 Å². The van der Waals surface area contributed by atoms with Gasteiger partial charge in [-0.25, -0.2) is 0 Å². The van der Waals surface area contributed by atoms with Gasteiger partial charge < -0.3 is 9.84 Å². The van der Waals surface area contributed by atoms with Crippen molar-refractivity contribution >= 4 is 5.97 Å². The maximum absolute atomic E-state index is 11.1. The van der Waals surface area contributed by atoms with Crippen molar-refractivity contribution in [1.82, 2.24) is 0 Å². The second-order valence-corrected chi connectivity index (χ2v) is 5.27. The monoisotopic (exact) mass is 200 g/mol. The second kappa shape index (κ2) is 3.89. The molecule has 0 aromatic rings. The molecule has 1 fully saturated rings. The van der Waals surface area contributed by atoms with Crippen LogP contribution in [0.5, 0.6) is 0 Å². The number of carbonyl (C=O) groups is 1. The van der Waals surface area contributed by atoms with Gasteiger partial charge in [-0.1, -0.05) is 27.7 Å². The lowest BCUT2D eigenvalue weighted by molar-refractivity contribution is -0.147. The Bertz CT molecular complexity index is 221. The van der Waals surface area contributed by atoms with E-state index in [1.54, 1.807) is 0 Å². The highest BCUT2D eigenvalue weighted by Crippen LogP contribution is 2.37. The number of cyclic esters (lactones) is 1. The fourth-order valence-electron chi connectivity index (χ4n) is 2.02. The molecule has 0 aromatic heterocycles. The minimum Gasteiger partial charge on any atom is -0.459 e. The van der Waals surface area contributed by atoms with Gasteiger partial charge in [0.05, 0.1) is 12.5 Å². The Hall–Kier alpha value is -0.570. The number of aliphatic hydroxyl groups is 1. The lowest BCUT2D eigenvalue weighted by Gasteiger charge is -2.28. The molecule has 14 heavy (non-hydrogen) atoms. The number of hydrogen-bond acceptors (Lipinski definition) is 3. The fourth-order valence-corrected chi connectivity index (χ4v) is 2.02. The summed E-state index contributed by atoms with van der Waals surface area (Å²) < 4.78 is 5.15. The highest BCUT2D eigenvalue weighted by molar-refractivity contribution is 5.73. The summed E-state index contributed by atoms with van der Waals surface area (Å²) in [5.41, 5.74) is -0.231. The van der Waals surface area contributed by atoms with Gasteiger partial charge in [-0.2, -0.15) is 0 Å². The SMILES string of the molecule is CC(C)C[C@@H](O)[C@H]1OC(=O)CC1(C)C. The Morgan fingerprint density at radius 2 is 2.14 bits per heavy atom. The Morgan fingerprint density at radius 1 is 1.57 bits per heavy atom. The van der Waals surface area contributed by atoms with Crippen molar-refractivity contribution in [1.29, 1.82) is 0 Å². The molecule has 1 N–H and O–H groups in total. The minimum atomic E-state index is -0.531. The number of esters is 1. The zero-order valence-electron chi connectivity index (χ0n) is 9.41. The van der Waals surface area contributed by atoms with E-state index in [0.717, 1.165) is 0 Å². The smallest absolute Gasteiger partial charge is 0.306 e. The molecular formula is C11H20O3. The highest BCUT2D eigenvalue weighted by Gasteiger charge is 2.45. The van der Waals surface area contributed by atoms with Crippen molar-refractivity contribution in [3.63, 3.8) is 0 Å². The molecule has 0 saturated carbocycles. The molecule has 0 bridgehead atoms. The zero-order valence-corrected chi connectivity index (χ0v) is 9.41. The first-order valence-electron chi connectivity index (χ1n) is 5.20. The van der Waals surface area contributed by atoms with Crippen LogP contribution in [0.15, 0.2) is 0 Å². The van der Waals surface area contributed by atoms with Crippen molar-refractivity contribution in [3.05, 3.63) is 0 Å². The molecule has 3 nitrogen and oxygen atoms in total. The molecule has 2 atom stereocenters. The molecular weight excluding hydrogens is 180 g/mol. The average molecular weight is 200 g/mol. The van der Waals surface area contributed by atoms with E-state index in [1.165, 1.54) is 0 Å². The topological polar surface area (TPSA) is 46.5 Å². The molecule has 1 saturated heterocycles. The van der Waals surface area contributed by atoms with E-state index in [1.807, 2.05) is 27.7 Å². The van der Waals surface area contributed by atoms with Crippen LogP contribution in [-0.4, -0.2) is 23.3 Å². The van der Waals surface area contributed by atoms with E-state index >= 15 is 0 Å². The number of rotatable bonds is 3. The molecule has 82 valence electrons. The molecule has 0 spiro atoms. The van der Waals surface area contributed by atoms with Crippen LogP contribution < -0.4 is 0 Å². The van der Waals surface area contributed by atoms with Gasteiger partial charge in [-0.15, -0.1) is 0 Å². The maximum Gasteiger partial charge on any atom is 0.306 e. The summed E-state index contributed by atoms with van der Waals surface area (Å²) in [4.78, 5) is 11.1. The van der Waals surface area contributed by atoms with E-state index in [-0.39, 0.29) is 17.5 Å². The number of carbonyl (C=O) groups excluding carboxylic acids is 1. The van der Waals surface area contributed by atoms with Gasteiger partial charge in [0.1, 0.15) is 6.10 Å². The van der Waals surface area contributed by atoms with Crippen molar-refractivity contribution in [2.75, 3.05) is 0 Å². The third-order valence-electron chi connectivity index (χ3n) is 2.69. The summed E-state index contributed by atoms with van der Waals surface area (Å²) in [7, 11) is 0. The Balaban J connectivity index is 2.63. The Morgan fingerprint density at radius 3 is 2.50 bits per heavy atom. The maximum atomic E-state index is 11.1. The van der Waals surface area contributed by atoms with Gasteiger partial charge in [0.15, 0.2) is 0 Å². The lowest BCUT2D eigenvalue weighted by Crippen LogP contribution is -2.37. The van der Waals surface area contributed by atoms with Crippen molar-refractivity contribution in [3.8, 4) is 0 Å². The molecule has 0 aromatic carbocycles. The fraction of sp³-hybridized carbons (Fsp3) is 0.909. The predicted octanol–water partition coefficient (Wildman–Crippen LogP) is 1.74. The van der Waals surface area contributed by atoms with E-state index in [2.05, 4.69) is 0 Å². The lowest BCUT2D eigenvalue weighted by atomic mass is 9.81. The van der Waals surface area contributed by atoms with E-state index in [4.69, 9.17) is 4.74 Å². The third-order valence-corrected chi connectivity index (χ3v) is 2.69. The standard InChI is InChI=1S/C11H20O3/c1-7(2)5-8(12)10-11(3,4)6-9(13)14-10/h7-8,10,12H,5-6H2,1-4H3/t8-,10-/m1/s1. The van der Waals surface area contributed by atoms with Crippen molar-refractivity contribution in [2.24, 2.45) is 11.3 Å². The molecule has 3 heteroatoms. The Labute approximate surface area is 85.5 Å². The summed E-state index contributed by atoms with van der Waals surface area (Å²) in [6.45, 7) is 8.03. The second-order valence-electron chi connectivity index (χ2n) is 5.27. The summed E-state index contributed by atoms with van der Waals surface area (Å²) in [6.07, 6.45) is 0.225. The number of aliphatic hydroxyl groups excluding tert-OH is 1. The van der Waals surface area contributed by atoms with Crippen molar-refractivity contribution < 1.29 is 14.6 Å². The molecule has 0 unspecified atom stereocenters. The van der Waals surface area contributed by atoms with Crippen LogP contribution in [0.25, 0.3) is 0 Å². The van der Waals surface area contributed by atoms with Gasteiger partial charge in [-0.05, 0) is 12.3 Å². The molecule has 1 heterocycles. The van der Waals surface area contributed by atoms with Crippen LogP contribution >= 0.6 is 0 Å². The summed E-state index contributed by atoms with van der Waals surface area (Å²) in [5.74, 6) is 0.225. The van der Waals surface area contributed by atoms with Crippen LogP contribution in [0, 0.1) is 11.3 Å². The first-order chi connectivity index (χ1) is 6.33. The normalized spacial score (nSPS) is 27.9. The third kappa shape index (κ3) is 2.47. The summed E-state index contributed by atoms with van der Waals surface area (Å²) in [5, 5.41) is 9.90. The van der Waals surface area contributed by atoms with Crippen LogP contribution in [-0.2, 0) is 9.53 Å². The first kappa shape index (κ1) is 11.5. The van der Waals surface area contributed by atoms with Gasteiger partial charge in [0.25, 0.3) is 0 Å². The number of hydrogen-bond donors (Lipinski definition) is 1. The van der Waals surface area contributed by atoms with Crippen LogP contribution in [0.4, 0.5) is 0 Å². The van der Waals surface area contributed by atoms with Gasteiger partial charge in [-0.3, -0.25) is 4.79 Å². The van der Waals surface area contributed by atoms with E-state index in [0.29, 0.717) is 18.8 Å². The average Bonchev–Trinajstić information content (AvgIpc) is 2.22. The molecule has 0 radical (unpaired) electrons. The quantitative estimate of drug-likeness (QED) is 0.706. The minimum absolute atomic E-state index is 0.192. The molecule has 1 rings (SSSR count). The van der Waals surface area contributed by atoms with Gasteiger partial charge in [0, 0.05) is 5.41 Å². The van der Waals surface area contributed by atoms with Crippen LogP contribution in [0.2, 0.25) is 0 Å². The summed E-state index contributed by atoms with van der Waals surface area (Å²) >= 11 is 0.